The highest BCUT2D eigenvalue weighted by molar-refractivity contribution is 7.13. The average Bonchev–Trinajstić information content (AvgIpc) is 2.85. The maximum absolute atomic E-state index is 4.72. The van der Waals surface area contributed by atoms with Gasteiger partial charge in [0.15, 0.2) is 0 Å². The molecule has 0 radical (unpaired) electrons. The van der Waals surface area contributed by atoms with Crippen molar-refractivity contribution in [1.82, 2.24) is 15.3 Å². The van der Waals surface area contributed by atoms with Crippen molar-refractivity contribution in [1.29, 1.82) is 0 Å². The normalized spacial score (nSPS) is 12.6. The van der Waals surface area contributed by atoms with E-state index in [-0.39, 0.29) is 0 Å². The molecule has 19 heavy (non-hydrogen) atoms. The topological polar surface area (TPSA) is 37.8 Å². The molecule has 1 unspecified atom stereocenters. The molecule has 0 amide bonds. The lowest BCUT2D eigenvalue weighted by atomic mass is 10.2. The van der Waals surface area contributed by atoms with Gasteiger partial charge in [0, 0.05) is 17.6 Å². The van der Waals surface area contributed by atoms with E-state index in [1.807, 2.05) is 6.20 Å². The first kappa shape index (κ1) is 14.2. The van der Waals surface area contributed by atoms with Crippen LogP contribution >= 0.6 is 11.3 Å². The molecule has 102 valence electrons. The summed E-state index contributed by atoms with van der Waals surface area (Å²) in [6.07, 6.45) is 3.04. The molecule has 2 aromatic heterocycles. The van der Waals surface area contributed by atoms with Crippen LogP contribution < -0.4 is 5.32 Å². The average molecular weight is 275 g/mol. The first-order chi connectivity index (χ1) is 9.11. The van der Waals surface area contributed by atoms with Crippen molar-refractivity contribution in [2.24, 2.45) is 0 Å². The molecule has 1 atom stereocenters. The van der Waals surface area contributed by atoms with Gasteiger partial charge in [-0.1, -0.05) is 13.0 Å². The zero-order valence-corrected chi connectivity index (χ0v) is 12.8. The Hall–Kier alpha value is -1.26. The van der Waals surface area contributed by atoms with E-state index in [1.54, 1.807) is 11.3 Å². The Balaban J connectivity index is 2.20. The Morgan fingerprint density at radius 3 is 2.84 bits per heavy atom. The second-order valence-corrected chi connectivity index (χ2v) is 5.79. The van der Waals surface area contributed by atoms with Gasteiger partial charge in [0.05, 0.1) is 5.69 Å². The molecule has 2 heterocycles. The van der Waals surface area contributed by atoms with Crippen LogP contribution in [0.4, 0.5) is 0 Å². The van der Waals surface area contributed by atoms with Crippen LogP contribution in [0.1, 0.15) is 43.1 Å². The van der Waals surface area contributed by atoms with Gasteiger partial charge in [0.2, 0.25) is 0 Å². The van der Waals surface area contributed by atoms with Gasteiger partial charge in [0.25, 0.3) is 0 Å². The highest BCUT2D eigenvalue weighted by atomic mass is 32.1. The number of hydrogen-bond donors (Lipinski definition) is 1. The van der Waals surface area contributed by atoms with E-state index in [0.29, 0.717) is 6.04 Å². The molecule has 0 spiro atoms. The number of nitrogens with one attached hydrogen (secondary N) is 1. The standard InChI is InChI=1S/C15H21N3S/c1-5-6-16-12(4)13-9-19-15(18-13)14-11(3)7-10(2)8-17-14/h7-9,12,16H,5-6H2,1-4H3. The van der Waals surface area contributed by atoms with E-state index in [2.05, 4.69) is 49.4 Å². The Morgan fingerprint density at radius 1 is 1.37 bits per heavy atom. The lowest BCUT2D eigenvalue weighted by molar-refractivity contribution is 0.561. The molecule has 0 saturated carbocycles. The number of aromatic nitrogens is 2. The first-order valence-electron chi connectivity index (χ1n) is 6.74. The number of nitrogens with zero attached hydrogens (tertiary/aromatic N) is 2. The van der Waals surface area contributed by atoms with Crippen molar-refractivity contribution in [3.63, 3.8) is 0 Å². The highest BCUT2D eigenvalue weighted by Gasteiger charge is 2.12. The number of pyridine rings is 1. The van der Waals surface area contributed by atoms with E-state index >= 15 is 0 Å². The summed E-state index contributed by atoms with van der Waals surface area (Å²) in [6.45, 7) is 9.51. The molecule has 4 heteroatoms. The van der Waals surface area contributed by atoms with Crippen LogP contribution in [0.5, 0.6) is 0 Å². The zero-order valence-electron chi connectivity index (χ0n) is 12.0. The molecule has 2 aromatic rings. The summed E-state index contributed by atoms with van der Waals surface area (Å²) < 4.78 is 0. The van der Waals surface area contributed by atoms with E-state index in [0.717, 1.165) is 29.4 Å². The number of hydrogen-bond acceptors (Lipinski definition) is 4. The van der Waals surface area contributed by atoms with Crippen LogP contribution in [-0.4, -0.2) is 16.5 Å². The van der Waals surface area contributed by atoms with Crippen LogP contribution in [0.15, 0.2) is 17.6 Å². The molecule has 3 nitrogen and oxygen atoms in total. The first-order valence-corrected chi connectivity index (χ1v) is 7.62. The highest BCUT2D eigenvalue weighted by Crippen LogP contribution is 2.27. The minimum atomic E-state index is 0.302. The minimum Gasteiger partial charge on any atom is -0.309 e. The summed E-state index contributed by atoms with van der Waals surface area (Å²) in [4.78, 5) is 9.23. The molecule has 0 aliphatic rings. The van der Waals surface area contributed by atoms with E-state index in [4.69, 9.17) is 4.98 Å². The minimum absolute atomic E-state index is 0.302. The van der Waals surface area contributed by atoms with Crippen molar-refractivity contribution in [2.45, 2.75) is 40.2 Å². The Bertz CT molecular complexity index is 548. The van der Waals surface area contributed by atoms with E-state index in [9.17, 15) is 0 Å². The largest absolute Gasteiger partial charge is 0.309 e. The molecule has 0 bridgehead atoms. The van der Waals surface area contributed by atoms with E-state index < -0.39 is 0 Å². The fourth-order valence-corrected chi connectivity index (χ4v) is 2.97. The van der Waals surface area contributed by atoms with Gasteiger partial charge >= 0.3 is 0 Å². The van der Waals surface area contributed by atoms with E-state index in [1.165, 1.54) is 11.1 Å². The third kappa shape index (κ3) is 3.39. The van der Waals surface area contributed by atoms with Crippen molar-refractivity contribution in [3.8, 4) is 10.7 Å². The molecule has 2 rings (SSSR count). The SMILES string of the molecule is CCCNC(C)c1csc(-c2ncc(C)cc2C)n1. The molecule has 1 N–H and O–H groups in total. The van der Waals surface area contributed by atoms with Crippen molar-refractivity contribution >= 4 is 11.3 Å². The monoisotopic (exact) mass is 275 g/mol. The molecule has 0 aliphatic heterocycles. The van der Waals surface area contributed by atoms with Gasteiger partial charge < -0.3 is 5.32 Å². The summed E-state index contributed by atoms with van der Waals surface area (Å²) in [5.41, 5.74) is 4.49. The molecule has 0 aromatic carbocycles. The van der Waals surface area contributed by atoms with Gasteiger partial charge in [-0.2, -0.15) is 0 Å². The number of rotatable bonds is 5. The molecule has 0 fully saturated rings. The van der Waals surface area contributed by atoms with Gasteiger partial charge in [-0.15, -0.1) is 11.3 Å². The Kier molecular flexibility index (Phi) is 4.66. The van der Waals surface area contributed by atoms with Crippen molar-refractivity contribution in [2.75, 3.05) is 6.54 Å². The maximum Gasteiger partial charge on any atom is 0.142 e. The number of aryl methyl sites for hydroxylation is 2. The predicted molar refractivity (Wildman–Crippen MR) is 81.5 cm³/mol. The zero-order chi connectivity index (χ0) is 13.8. The maximum atomic E-state index is 4.72. The smallest absolute Gasteiger partial charge is 0.142 e. The van der Waals surface area contributed by atoms with Crippen LogP contribution in [0.3, 0.4) is 0 Å². The third-order valence-electron chi connectivity index (χ3n) is 3.08. The van der Waals surface area contributed by atoms with Crippen molar-refractivity contribution in [3.05, 3.63) is 34.5 Å². The predicted octanol–water partition coefficient (Wildman–Crippen LogP) is 3.88. The van der Waals surface area contributed by atoms with Crippen LogP contribution in [-0.2, 0) is 0 Å². The van der Waals surface area contributed by atoms with Gasteiger partial charge in [-0.05, 0) is 44.9 Å². The Morgan fingerprint density at radius 2 is 2.16 bits per heavy atom. The van der Waals surface area contributed by atoms with Gasteiger partial charge in [-0.25, -0.2) is 4.98 Å². The van der Waals surface area contributed by atoms with Crippen LogP contribution in [0.2, 0.25) is 0 Å². The van der Waals surface area contributed by atoms with Crippen LogP contribution in [0, 0.1) is 13.8 Å². The summed E-state index contributed by atoms with van der Waals surface area (Å²) in [5, 5.41) is 6.60. The lowest BCUT2D eigenvalue weighted by Gasteiger charge is -2.09. The fourth-order valence-electron chi connectivity index (χ4n) is 2.00. The molecule has 0 saturated heterocycles. The summed E-state index contributed by atoms with van der Waals surface area (Å²) in [6, 6.07) is 2.46. The third-order valence-corrected chi connectivity index (χ3v) is 3.95. The second kappa shape index (κ2) is 6.26. The molecular weight excluding hydrogens is 254 g/mol. The lowest BCUT2D eigenvalue weighted by Crippen LogP contribution is -2.19. The second-order valence-electron chi connectivity index (χ2n) is 4.93. The van der Waals surface area contributed by atoms with Gasteiger partial charge in [-0.3, -0.25) is 4.98 Å². The number of thiazole rings is 1. The van der Waals surface area contributed by atoms with Crippen LogP contribution in [0.25, 0.3) is 10.7 Å². The summed E-state index contributed by atoms with van der Waals surface area (Å²) >= 11 is 1.67. The fraction of sp³-hybridized carbons (Fsp3) is 0.467. The van der Waals surface area contributed by atoms with Crippen molar-refractivity contribution < 1.29 is 0 Å². The van der Waals surface area contributed by atoms with Gasteiger partial charge in [0.1, 0.15) is 10.7 Å². The summed E-state index contributed by atoms with van der Waals surface area (Å²) in [7, 11) is 0. The molecular formula is C15H21N3S. The summed E-state index contributed by atoms with van der Waals surface area (Å²) in [5.74, 6) is 0. The quantitative estimate of drug-likeness (QED) is 0.899. The molecule has 0 aliphatic carbocycles. The Labute approximate surface area is 119 Å².